The molecule has 0 aliphatic rings. The van der Waals surface area contributed by atoms with Gasteiger partial charge in [0.1, 0.15) is 11.4 Å². The van der Waals surface area contributed by atoms with Crippen LogP contribution < -0.4 is 9.46 Å². The van der Waals surface area contributed by atoms with Crippen molar-refractivity contribution in [2.24, 2.45) is 0 Å². The first-order chi connectivity index (χ1) is 10.3. The van der Waals surface area contributed by atoms with Crippen molar-refractivity contribution in [3.05, 3.63) is 60.2 Å². The third kappa shape index (κ3) is 4.86. The lowest BCUT2D eigenvalue weighted by molar-refractivity contribution is 0.131. The predicted molar refractivity (Wildman–Crippen MR) is 87.3 cm³/mol. The molecule has 0 aromatic heterocycles. The van der Waals surface area contributed by atoms with E-state index in [0.717, 1.165) is 11.3 Å². The van der Waals surface area contributed by atoms with Crippen LogP contribution in [0.5, 0.6) is 5.75 Å². The molecule has 0 fully saturated rings. The molecule has 0 unspecified atom stereocenters. The maximum atomic E-state index is 12.1. The summed E-state index contributed by atoms with van der Waals surface area (Å²) in [5, 5.41) is 0. The van der Waals surface area contributed by atoms with Gasteiger partial charge >= 0.3 is 0 Å². The molecule has 2 aromatic carbocycles. The van der Waals surface area contributed by atoms with Crippen LogP contribution in [0.3, 0.4) is 0 Å². The maximum absolute atomic E-state index is 12.1. The molecule has 0 saturated carbocycles. The highest BCUT2D eigenvalue weighted by Gasteiger charge is 2.13. The van der Waals surface area contributed by atoms with Crippen LogP contribution in [0.2, 0.25) is 0 Å². The molecule has 2 rings (SSSR count). The normalized spacial score (nSPS) is 12.1. The Morgan fingerprint density at radius 3 is 2.09 bits per heavy atom. The molecule has 22 heavy (non-hydrogen) atoms. The average molecular weight is 319 g/mol. The minimum Gasteiger partial charge on any atom is -0.488 e. The SMILES string of the molecule is CC(C)(C)Oc1ccc(CNS(=O)(=O)c2ccccc2)cc1. The van der Waals surface area contributed by atoms with Gasteiger partial charge in [-0.2, -0.15) is 0 Å². The van der Waals surface area contributed by atoms with E-state index in [-0.39, 0.29) is 17.0 Å². The third-order valence-corrected chi connectivity index (χ3v) is 4.28. The van der Waals surface area contributed by atoms with Gasteiger partial charge in [0.2, 0.25) is 10.0 Å². The van der Waals surface area contributed by atoms with Gasteiger partial charge in [0.05, 0.1) is 4.90 Å². The Kier molecular flexibility index (Phi) is 4.88. The summed E-state index contributed by atoms with van der Waals surface area (Å²) in [6.45, 7) is 6.19. The van der Waals surface area contributed by atoms with Crippen LogP contribution >= 0.6 is 0 Å². The maximum Gasteiger partial charge on any atom is 0.240 e. The van der Waals surface area contributed by atoms with E-state index in [4.69, 9.17) is 4.74 Å². The molecule has 5 heteroatoms. The Morgan fingerprint density at radius 2 is 1.55 bits per heavy atom. The van der Waals surface area contributed by atoms with Crippen molar-refractivity contribution in [1.82, 2.24) is 4.72 Å². The molecular weight excluding hydrogens is 298 g/mol. The first-order valence-electron chi connectivity index (χ1n) is 7.09. The molecule has 0 atom stereocenters. The summed E-state index contributed by atoms with van der Waals surface area (Å²) >= 11 is 0. The predicted octanol–water partition coefficient (Wildman–Crippen LogP) is 3.34. The smallest absolute Gasteiger partial charge is 0.240 e. The summed E-state index contributed by atoms with van der Waals surface area (Å²) in [6, 6.07) is 15.7. The molecule has 0 saturated heterocycles. The molecule has 0 aliphatic heterocycles. The lowest BCUT2D eigenvalue weighted by Gasteiger charge is -2.21. The Bertz CT molecular complexity index is 702. The Hall–Kier alpha value is -1.85. The molecule has 0 amide bonds. The van der Waals surface area contributed by atoms with E-state index in [1.165, 1.54) is 0 Å². The number of sulfonamides is 1. The van der Waals surface area contributed by atoms with Gasteiger partial charge < -0.3 is 4.74 Å². The van der Waals surface area contributed by atoms with E-state index in [1.807, 2.05) is 45.0 Å². The van der Waals surface area contributed by atoms with Gasteiger partial charge in [-0.15, -0.1) is 0 Å². The molecule has 4 nitrogen and oxygen atoms in total. The van der Waals surface area contributed by atoms with E-state index in [2.05, 4.69) is 4.72 Å². The van der Waals surface area contributed by atoms with Gasteiger partial charge in [0.25, 0.3) is 0 Å². The number of hydrogen-bond acceptors (Lipinski definition) is 3. The van der Waals surface area contributed by atoms with E-state index in [1.54, 1.807) is 30.3 Å². The molecule has 0 radical (unpaired) electrons. The van der Waals surface area contributed by atoms with Crippen LogP contribution in [-0.2, 0) is 16.6 Å². The summed E-state index contributed by atoms with van der Waals surface area (Å²) in [4.78, 5) is 0.266. The second-order valence-corrected chi connectivity index (χ2v) is 7.76. The lowest BCUT2D eigenvalue weighted by atomic mass is 10.2. The molecular formula is C17H21NO3S. The molecule has 2 aromatic rings. The zero-order chi connectivity index (χ0) is 16.2. The Morgan fingerprint density at radius 1 is 0.955 bits per heavy atom. The zero-order valence-electron chi connectivity index (χ0n) is 13.0. The molecule has 0 heterocycles. The number of nitrogens with one attached hydrogen (secondary N) is 1. The quantitative estimate of drug-likeness (QED) is 0.919. The molecule has 118 valence electrons. The second-order valence-electron chi connectivity index (χ2n) is 6.00. The van der Waals surface area contributed by atoms with Crippen LogP contribution in [0.1, 0.15) is 26.3 Å². The summed E-state index contributed by atoms with van der Waals surface area (Å²) in [6.07, 6.45) is 0. The topological polar surface area (TPSA) is 55.4 Å². The minimum absolute atomic E-state index is 0.243. The highest BCUT2D eigenvalue weighted by Crippen LogP contribution is 2.18. The fourth-order valence-corrected chi connectivity index (χ4v) is 2.93. The van der Waals surface area contributed by atoms with Crippen molar-refractivity contribution in [2.45, 2.75) is 37.8 Å². The summed E-state index contributed by atoms with van der Waals surface area (Å²) in [5.74, 6) is 0.766. The average Bonchev–Trinajstić information content (AvgIpc) is 2.46. The van der Waals surface area contributed by atoms with Crippen molar-refractivity contribution in [1.29, 1.82) is 0 Å². The van der Waals surface area contributed by atoms with Gasteiger partial charge in [-0.25, -0.2) is 13.1 Å². The monoisotopic (exact) mass is 319 g/mol. The Labute approximate surface area is 132 Å². The van der Waals surface area contributed by atoms with Crippen molar-refractivity contribution in [3.63, 3.8) is 0 Å². The minimum atomic E-state index is -3.48. The van der Waals surface area contributed by atoms with E-state index >= 15 is 0 Å². The summed E-state index contributed by atoms with van der Waals surface area (Å²) in [5.41, 5.74) is 0.622. The first kappa shape index (κ1) is 16.5. The van der Waals surface area contributed by atoms with Crippen LogP contribution in [-0.4, -0.2) is 14.0 Å². The van der Waals surface area contributed by atoms with Crippen LogP contribution in [0.25, 0.3) is 0 Å². The molecule has 0 aliphatic carbocycles. The van der Waals surface area contributed by atoms with Crippen molar-refractivity contribution >= 4 is 10.0 Å². The second kappa shape index (κ2) is 6.50. The standard InChI is InChI=1S/C17H21NO3S/c1-17(2,3)21-15-11-9-14(10-12-15)13-18-22(19,20)16-7-5-4-6-8-16/h4-12,18H,13H2,1-3H3. The highest BCUT2D eigenvalue weighted by atomic mass is 32.2. The fourth-order valence-electron chi connectivity index (χ4n) is 1.89. The number of ether oxygens (including phenoxy) is 1. The zero-order valence-corrected chi connectivity index (χ0v) is 13.9. The van der Waals surface area contributed by atoms with Crippen molar-refractivity contribution in [3.8, 4) is 5.75 Å². The summed E-state index contributed by atoms with van der Waals surface area (Å²) in [7, 11) is -3.48. The molecule has 1 N–H and O–H groups in total. The van der Waals surface area contributed by atoms with Crippen LogP contribution in [0.15, 0.2) is 59.5 Å². The largest absolute Gasteiger partial charge is 0.488 e. The van der Waals surface area contributed by atoms with Gasteiger partial charge in [-0.3, -0.25) is 0 Å². The van der Waals surface area contributed by atoms with Crippen LogP contribution in [0, 0.1) is 0 Å². The van der Waals surface area contributed by atoms with Gasteiger partial charge in [-0.1, -0.05) is 30.3 Å². The lowest BCUT2D eigenvalue weighted by Crippen LogP contribution is -2.23. The van der Waals surface area contributed by atoms with E-state index in [9.17, 15) is 8.42 Å². The first-order valence-corrected chi connectivity index (χ1v) is 8.57. The van der Waals surface area contributed by atoms with Gasteiger partial charge in [-0.05, 0) is 50.6 Å². The van der Waals surface area contributed by atoms with Gasteiger partial charge in [0, 0.05) is 6.54 Å². The number of hydrogen-bond donors (Lipinski definition) is 1. The third-order valence-electron chi connectivity index (χ3n) is 2.87. The fraction of sp³-hybridized carbons (Fsp3) is 0.294. The van der Waals surface area contributed by atoms with Crippen molar-refractivity contribution < 1.29 is 13.2 Å². The molecule has 0 bridgehead atoms. The number of benzene rings is 2. The van der Waals surface area contributed by atoms with E-state index in [0.29, 0.717) is 0 Å². The van der Waals surface area contributed by atoms with Crippen molar-refractivity contribution in [2.75, 3.05) is 0 Å². The van der Waals surface area contributed by atoms with E-state index < -0.39 is 10.0 Å². The van der Waals surface area contributed by atoms with Crippen LogP contribution in [0.4, 0.5) is 0 Å². The molecule has 0 spiro atoms. The Balaban J connectivity index is 2.00. The van der Waals surface area contributed by atoms with Gasteiger partial charge in [0.15, 0.2) is 0 Å². The summed E-state index contributed by atoms with van der Waals surface area (Å²) < 4.78 is 32.6. The highest BCUT2D eigenvalue weighted by molar-refractivity contribution is 7.89. The number of rotatable bonds is 5.